The summed E-state index contributed by atoms with van der Waals surface area (Å²) in [5.41, 5.74) is 5.22. The van der Waals surface area contributed by atoms with Gasteiger partial charge in [-0.25, -0.2) is 4.39 Å². The lowest BCUT2D eigenvalue weighted by atomic mass is 9.92. The van der Waals surface area contributed by atoms with Crippen molar-refractivity contribution in [2.24, 2.45) is 0 Å². The molecule has 0 atom stereocenters. The molecule has 1 aromatic carbocycles. The molecule has 0 saturated heterocycles. The number of hydrogen-bond acceptors (Lipinski definition) is 1. The molecule has 0 fully saturated rings. The SMILES string of the molecule is CC(C)c1cc(-c2ccc(F)cc2)c(C=C(Br)Br)c(C(C)C)n1. The number of benzene rings is 1. The van der Waals surface area contributed by atoms with Crippen molar-refractivity contribution >= 4 is 37.9 Å². The molecule has 0 N–H and O–H groups in total. The van der Waals surface area contributed by atoms with Crippen molar-refractivity contribution < 1.29 is 4.39 Å². The maximum Gasteiger partial charge on any atom is 0.123 e. The molecule has 0 spiro atoms. The minimum atomic E-state index is -0.227. The van der Waals surface area contributed by atoms with Gasteiger partial charge in [0.2, 0.25) is 0 Å². The van der Waals surface area contributed by atoms with Gasteiger partial charge in [-0.15, -0.1) is 0 Å². The first kappa shape index (κ1) is 18.3. The van der Waals surface area contributed by atoms with Crippen LogP contribution in [0.25, 0.3) is 17.2 Å². The Bertz CT molecular complexity index is 715. The fourth-order valence-electron chi connectivity index (χ4n) is 2.46. The molecule has 0 amide bonds. The summed E-state index contributed by atoms with van der Waals surface area (Å²) in [6, 6.07) is 8.74. The lowest BCUT2D eigenvalue weighted by Crippen LogP contribution is -2.04. The second-order valence-corrected chi connectivity index (χ2v) is 8.92. The first-order valence-electron chi connectivity index (χ1n) is 7.63. The molecule has 2 aromatic rings. The van der Waals surface area contributed by atoms with Crippen molar-refractivity contribution in [2.75, 3.05) is 0 Å². The smallest absolute Gasteiger partial charge is 0.123 e. The number of hydrogen-bond donors (Lipinski definition) is 0. The lowest BCUT2D eigenvalue weighted by Gasteiger charge is -2.18. The molecule has 0 aliphatic rings. The third-order valence-electron chi connectivity index (χ3n) is 3.65. The van der Waals surface area contributed by atoms with Crippen LogP contribution in [0.3, 0.4) is 0 Å². The molecule has 0 aliphatic heterocycles. The zero-order valence-corrected chi connectivity index (χ0v) is 16.9. The van der Waals surface area contributed by atoms with Gasteiger partial charge >= 0.3 is 0 Å². The van der Waals surface area contributed by atoms with E-state index in [9.17, 15) is 4.39 Å². The standard InChI is InChI=1S/C19H20Br2FN/c1-11(2)17-9-15(13-5-7-14(22)8-6-13)16(10-18(20)21)19(23-17)12(3)4/h5-12H,1-4H3. The van der Waals surface area contributed by atoms with Crippen LogP contribution in [-0.2, 0) is 0 Å². The molecule has 4 heteroatoms. The van der Waals surface area contributed by atoms with E-state index >= 15 is 0 Å². The van der Waals surface area contributed by atoms with Gasteiger partial charge in [-0.2, -0.15) is 0 Å². The Labute approximate surface area is 154 Å². The highest BCUT2D eigenvalue weighted by atomic mass is 79.9. The first-order chi connectivity index (χ1) is 10.8. The van der Waals surface area contributed by atoms with E-state index in [2.05, 4.69) is 65.6 Å². The summed E-state index contributed by atoms with van der Waals surface area (Å²) in [5, 5.41) is 0. The highest BCUT2D eigenvalue weighted by Crippen LogP contribution is 2.35. The zero-order valence-electron chi connectivity index (χ0n) is 13.7. The Morgan fingerprint density at radius 1 is 1.04 bits per heavy atom. The van der Waals surface area contributed by atoms with Crippen LogP contribution >= 0.6 is 31.9 Å². The molecule has 1 heterocycles. The van der Waals surface area contributed by atoms with Gasteiger partial charge in [-0.3, -0.25) is 4.98 Å². The van der Waals surface area contributed by atoms with Crippen LogP contribution in [0.4, 0.5) is 4.39 Å². The second kappa shape index (κ2) is 7.71. The third kappa shape index (κ3) is 4.51. The van der Waals surface area contributed by atoms with Crippen molar-refractivity contribution in [1.82, 2.24) is 4.98 Å². The quantitative estimate of drug-likeness (QED) is 0.488. The second-order valence-electron chi connectivity index (χ2n) is 6.14. The Hall–Kier alpha value is -1.000. The topological polar surface area (TPSA) is 12.9 Å². The molecule has 0 aliphatic carbocycles. The summed E-state index contributed by atoms with van der Waals surface area (Å²) in [6.45, 7) is 8.55. The van der Waals surface area contributed by atoms with Crippen LogP contribution in [-0.4, -0.2) is 4.98 Å². The van der Waals surface area contributed by atoms with Gasteiger partial charge in [0, 0.05) is 11.3 Å². The van der Waals surface area contributed by atoms with Gasteiger partial charge in [0.15, 0.2) is 0 Å². The van der Waals surface area contributed by atoms with Crippen LogP contribution < -0.4 is 0 Å². The monoisotopic (exact) mass is 439 g/mol. The highest BCUT2D eigenvalue weighted by Gasteiger charge is 2.17. The van der Waals surface area contributed by atoms with Crippen molar-refractivity contribution in [3.05, 3.63) is 56.5 Å². The van der Waals surface area contributed by atoms with E-state index in [-0.39, 0.29) is 5.82 Å². The van der Waals surface area contributed by atoms with Gasteiger partial charge < -0.3 is 0 Å². The Balaban J connectivity index is 2.79. The summed E-state index contributed by atoms with van der Waals surface area (Å²) >= 11 is 6.90. The van der Waals surface area contributed by atoms with E-state index in [1.807, 2.05) is 18.2 Å². The zero-order chi connectivity index (χ0) is 17.1. The third-order valence-corrected chi connectivity index (χ3v) is 4.11. The van der Waals surface area contributed by atoms with E-state index in [1.54, 1.807) is 0 Å². The van der Waals surface area contributed by atoms with E-state index in [4.69, 9.17) is 4.98 Å². The summed E-state index contributed by atoms with van der Waals surface area (Å²) in [7, 11) is 0. The van der Waals surface area contributed by atoms with Gasteiger partial charge in [0.25, 0.3) is 0 Å². The predicted octanol–water partition coefficient (Wildman–Crippen LogP) is 7.22. The lowest BCUT2D eigenvalue weighted by molar-refractivity contribution is 0.628. The van der Waals surface area contributed by atoms with E-state index in [1.165, 1.54) is 12.1 Å². The predicted molar refractivity (Wildman–Crippen MR) is 104 cm³/mol. The van der Waals surface area contributed by atoms with Crippen LogP contribution in [0.5, 0.6) is 0 Å². The molecule has 1 nitrogen and oxygen atoms in total. The summed E-state index contributed by atoms with van der Waals surface area (Å²) < 4.78 is 14.1. The van der Waals surface area contributed by atoms with Crippen molar-refractivity contribution in [3.8, 4) is 11.1 Å². The number of pyridine rings is 1. The molecule has 2 rings (SSSR count). The number of halogens is 3. The van der Waals surface area contributed by atoms with E-state index in [0.717, 1.165) is 31.5 Å². The Morgan fingerprint density at radius 3 is 2.13 bits per heavy atom. The van der Waals surface area contributed by atoms with Crippen molar-refractivity contribution in [3.63, 3.8) is 0 Å². The summed E-state index contributed by atoms with van der Waals surface area (Å²) in [6.07, 6.45) is 2.02. The molecule has 0 saturated carbocycles. The normalized spacial score (nSPS) is 11.2. The maximum atomic E-state index is 13.3. The van der Waals surface area contributed by atoms with Gasteiger partial charge in [-0.05, 0) is 79.1 Å². The van der Waals surface area contributed by atoms with Gasteiger partial charge in [0.1, 0.15) is 5.82 Å². The highest BCUT2D eigenvalue weighted by molar-refractivity contribution is 9.28. The van der Waals surface area contributed by atoms with Crippen molar-refractivity contribution in [1.29, 1.82) is 0 Å². The summed E-state index contributed by atoms with van der Waals surface area (Å²) in [5.74, 6) is 0.394. The molecule has 122 valence electrons. The van der Waals surface area contributed by atoms with Crippen LogP contribution in [0.1, 0.15) is 56.5 Å². The molecule has 1 aromatic heterocycles. The summed E-state index contributed by atoms with van der Waals surface area (Å²) in [4.78, 5) is 4.87. The molecule has 0 unspecified atom stereocenters. The molecule has 0 radical (unpaired) electrons. The van der Waals surface area contributed by atoms with E-state index in [0.29, 0.717) is 11.8 Å². The van der Waals surface area contributed by atoms with Gasteiger partial charge in [0.05, 0.1) is 9.09 Å². The van der Waals surface area contributed by atoms with E-state index < -0.39 is 0 Å². The first-order valence-corrected chi connectivity index (χ1v) is 9.21. The average molecular weight is 441 g/mol. The minimum absolute atomic E-state index is 0.227. The molecular formula is C19H20Br2FN. The molecule has 23 heavy (non-hydrogen) atoms. The number of aromatic nitrogens is 1. The van der Waals surface area contributed by atoms with Crippen LogP contribution in [0, 0.1) is 5.82 Å². The average Bonchev–Trinajstić information content (AvgIpc) is 2.47. The van der Waals surface area contributed by atoms with Crippen LogP contribution in [0.2, 0.25) is 0 Å². The largest absolute Gasteiger partial charge is 0.257 e. The molecular weight excluding hydrogens is 421 g/mol. The Morgan fingerprint density at radius 2 is 1.65 bits per heavy atom. The van der Waals surface area contributed by atoms with Crippen molar-refractivity contribution in [2.45, 2.75) is 39.5 Å². The van der Waals surface area contributed by atoms with Crippen LogP contribution in [0.15, 0.2) is 33.7 Å². The fraction of sp³-hybridized carbons (Fsp3) is 0.316. The molecule has 0 bridgehead atoms. The maximum absolute atomic E-state index is 13.3. The Kier molecular flexibility index (Phi) is 6.15. The number of nitrogens with zero attached hydrogens (tertiary/aromatic N) is 1. The minimum Gasteiger partial charge on any atom is -0.257 e. The number of rotatable bonds is 4. The fourth-order valence-corrected chi connectivity index (χ4v) is 2.92. The van der Waals surface area contributed by atoms with Gasteiger partial charge in [-0.1, -0.05) is 39.8 Å².